The van der Waals surface area contributed by atoms with Gasteiger partial charge in [-0.15, -0.1) is 0 Å². The molecule has 0 aliphatic carbocycles. The molecule has 0 radical (unpaired) electrons. The number of furan rings is 1. The van der Waals surface area contributed by atoms with Gasteiger partial charge < -0.3 is 9.15 Å². The van der Waals surface area contributed by atoms with Crippen molar-refractivity contribution < 1.29 is 27.2 Å². The van der Waals surface area contributed by atoms with E-state index in [9.17, 15) is 18.0 Å². The van der Waals surface area contributed by atoms with Crippen molar-refractivity contribution in [3.05, 3.63) is 54.0 Å². The van der Waals surface area contributed by atoms with Gasteiger partial charge in [-0.25, -0.2) is 23.8 Å². The van der Waals surface area contributed by atoms with E-state index in [2.05, 4.69) is 15.3 Å². The van der Waals surface area contributed by atoms with Gasteiger partial charge in [0, 0.05) is 5.56 Å². The molecule has 0 fully saturated rings. The monoisotopic (exact) mass is 365 g/mol. The third-order valence-electron chi connectivity index (χ3n) is 3.10. The second-order valence-electron chi connectivity index (χ2n) is 4.78. The van der Waals surface area contributed by atoms with E-state index in [0.29, 0.717) is 0 Å². The lowest BCUT2D eigenvalue weighted by atomic mass is 10.0. The molecule has 1 aromatic heterocycles. The molecule has 3 N–H and O–H groups in total. The van der Waals surface area contributed by atoms with E-state index in [0.717, 1.165) is 7.11 Å². The van der Waals surface area contributed by atoms with E-state index in [1.54, 1.807) is 6.07 Å². The molecule has 0 aliphatic heterocycles. The van der Waals surface area contributed by atoms with Crippen molar-refractivity contribution in [3.63, 3.8) is 0 Å². The predicted molar refractivity (Wildman–Crippen MR) is 87.5 cm³/mol. The fourth-order valence-electron chi connectivity index (χ4n) is 1.98. The molecular weight excluding hydrogens is 350 g/mol. The Labute approximate surface area is 143 Å². The highest BCUT2D eigenvalue weighted by atomic mass is 32.2. The van der Waals surface area contributed by atoms with E-state index in [1.807, 2.05) is 0 Å². The van der Waals surface area contributed by atoms with Crippen LogP contribution >= 0.6 is 0 Å². The SMILES string of the molecule is COC(=O)N/N=C(\CC(=O)c1ccccc1S(N)(=O)=O)c1ccco1. The number of hydrazone groups is 1. The number of hydrogen-bond donors (Lipinski definition) is 2. The number of amides is 1. The molecule has 0 saturated heterocycles. The first-order valence-corrected chi connectivity index (χ1v) is 8.47. The van der Waals surface area contributed by atoms with Gasteiger partial charge in [0.1, 0.15) is 11.5 Å². The number of hydrogen-bond acceptors (Lipinski definition) is 7. The van der Waals surface area contributed by atoms with Crippen molar-refractivity contribution in [2.75, 3.05) is 7.11 Å². The number of carbonyl (C=O) groups is 2. The molecule has 1 aromatic carbocycles. The molecule has 0 atom stereocenters. The summed E-state index contributed by atoms with van der Waals surface area (Å²) >= 11 is 0. The van der Waals surface area contributed by atoms with Crippen molar-refractivity contribution in [1.29, 1.82) is 0 Å². The van der Waals surface area contributed by atoms with Crippen LogP contribution in [-0.2, 0) is 14.8 Å². The van der Waals surface area contributed by atoms with Gasteiger partial charge in [0.25, 0.3) is 0 Å². The summed E-state index contributed by atoms with van der Waals surface area (Å²) < 4.78 is 32.8. The molecule has 0 spiro atoms. The Bertz CT molecular complexity index is 903. The predicted octanol–water partition coefficient (Wildman–Crippen LogP) is 1.26. The van der Waals surface area contributed by atoms with Gasteiger partial charge in [0.05, 0.1) is 24.7 Å². The average molecular weight is 365 g/mol. The zero-order valence-corrected chi connectivity index (χ0v) is 13.9. The van der Waals surface area contributed by atoms with E-state index in [4.69, 9.17) is 9.56 Å². The highest BCUT2D eigenvalue weighted by molar-refractivity contribution is 7.89. The number of nitrogens with one attached hydrogen (secondary N) is 1. The van der Waals surface area contributed by atoms with Crippen molar-refractivity contribution in [2.24, 2.45) is 10.2 Å². The van der Waals surface area contributed by atoms with Gasteiger partial charge in [0.2, 0.25) is 10.0 Å². The van der Waals surface area contributed by atoms with Crippen LogP contribution < -0.4 is 10.6 Å². The lowest BCUT2D eigenvalue weighted by molar-refractivity contribution is 0.0996. The molecule has 2 aromatic rings. The van der Waals surface area contributed by atoms with Crippen molar-refractivity contribution in [2.45, 2.75) is 11.3 Å². The quantitative estimate of drug-likeness (QED) is 0.448. The number of ether oxygens (including phenoxy) is 1. The van der Waals surface area contributed by atoms with Gasteiger partial charge in [-0.05, 0) is 18.2 Å². The maximum atomic E-state index is 12.5. The summed E-state index contributed by atoms with van der Waals surface area (Å²) in [7, 11) is -2.91. The minimum atomic E-state index is -4.07. The number of primary sulfonamides is 1. The van der Waals surface area contributed by atoms with Crippen LogP contribution in [0, 0.1) is 0 Å². The molecule has 10 heteroatoms. The zero-order chi connectivity index (χ0) is 18.4. The third-order valence-corrected chi connectivity index (χ3v) is 4.06. The minimum absolute atomic E-state index is 0.0812. The van der Waals surface area contributed by atoms with Gasteiger partial charge in [-0.3, -0.25) is 4.79 Å². The van der Waals surface area contributed by atoms with Crippen LogP contribution in [0.15, 0.2) is 57.1 Å². The molecule has 0 aliphatic rings. The molecule has 1 heterocycles. The molecule has 0 bridgehead atoms. The van der Waals surface area contributed by atoms with Crippen molar-refractivity contribution in [1.82, 2.24) is 5.43 Å². The molecular formula is C15H15N3O6S. The van der Waals surface area contributed by atoms with Crippen LogP contribution in [-0.4, -0.2) is 33.1 Å². The Morgan fingerprint density at radius 1 is 1.24 bits per heavy atom. The summed E-state index contributed by atoms with van der Waals surface area (Å²) in [6, 6.07) is 8.66. The molecule has 1 amide bonds. The molecule has 132 valence electrons. The highest BCUT2D eigenvalue weighted by Gasteiger charge is 2.21. The molecule has 0 saturated carbocycles. The second kappa shape index (κ2) is 7.73. The Morgan fingerprint density at radius 2 is 1.96 bits per heavy atom. The van der Waals surface area contributed by atoms with Crippen LogP contribution in [0.5, 0.6) is 0 Å². The first-order chi connectivity index (χ1) is 11.8. The standard InChI is InChI=1S/C15H15N3O6S/c1-23-15(20)18-17-11(13-6-4-8-24-13)9-12(19)10-5-2-3-7-14(10)25(16,21)22/h2-8H,9H2,1H3,(H,18,20)(H2,16,21,22)/b17-11+. The molecule has 2 rings (SSSR count). The molecule has 25 heavy (non-hydrogen) atoms. The van der Waals surface area contributed by atoms with Gasteiger partial charge in [-0.1, -0.05) is 18.2 Å². The van der Waals surface area contributed by atoms with Crippen LogP contribution in [0.4, 0.5) is 4.79 Å². The lowest BCUT2D eigenvalue weighted by Gasteiger charge is -2.08. The second-order valence-corrected chi connectivity index (χ2v) is 6.31. The molecule has 9 nitrogen and oxygen atoms in total. The molecule has 0 unspecified atom stereocenters. The summed E-state index contributed by atoms with van der Waals surface area (Å²) in [6.45, 7) is 0. The Hall–Kier alpha value is -2.98. The van der Waals surface area contributed by atoms with E-state index in [-0.39, 0.29) is 28.4 Å². The Balaban J connectivity index is 2.34. The summed E-state index contributed by atoms with van der Waals surface area (Å²) in [5, 5.41) is 8.93. The first kappa shape index (κ1) is 18.4. The Kier molecular flexibility index (Phi) is 5.67. The number of carbonyl (C=O) groups excluding carboxylic acids is 2. The van der Waals surface area contributed by atoms with Crippen molar-refractivity contribution in [3.8, 4) is 0 Å². The fraction of sp³-hybridized carbons (Fsp3) is 0.133. The van der Waals surface area contributed by atoms with Gasteiger partial charge >= 0.3 is 6.09 Å². The number of benzene rings is 1. The number of rotatable bonds is 6. The maximum Gasteiger partial charge on any atom is 0.427 e. The lowest BCUT2D eigenvalue weighted by Crippen LogP contribution is -2.22. The number of methoxy groups -OCH3 is 1. The van der Waals surface area contributed by atoms with Crippen molar-refractivity contribution >= 4 is 27.6 Å². The van der Waals surface area contributed by atoms with E-state index < -0.39 is 21.9 Å². The number of nitrogens with two attached hydrogens (primary N) is 1. The topological polar surface area (TPSA) is 141 Å². The summed E-state index contributed by atoms with van der Waals surface area (Å²) in [5.74, 6) is -0.329. The number of nitrogens with zero attached hydrogens (tertiary/aromatic N) is 1. The maximum absolute atomic E-state index is 12.5. The largest absolute Gasteiger partial charge is 0.463 e. The van der Waals surface area contributed by atoms with E-state index >= 15 is 0 Å². The van der Waals surface area contributed by atoms with Crippen LogP contribution in [0.3, 0.4) is 0 Å². The van der Waals surface area contributed by atoms with Gasteiger partial charge in [-0.2, -0.15) is 5.10 Å². The fourth-order valence-corrected chi connectivity index (χ4v) is 2.73. The highest BCUT2D eigenvalue weighted by Crippen LogP contribution is 2.17. The number of ketones is 1. The zero-order valence-electron chi connectivity index (χ0n) is 13.1. The summed E-state index contributed by atoms with van der Waals surface area (Å²) in [6.07, 6.45) is 0.206. The number of sulfonamides is 1. The number of Topliss-reactive ketones (excluding diaryl/α,β-unsaturated/α-hetero) is 1. The summed E-state index contributed by atoms with van der Waals surface area (Å²) in [5.41, 5.74) is 2.10. The van der Waals surface area contributed by atoms with Crippen LogP contribution in [0.25, 0.3) is 0 Å². The normalized spacial score (nSPS) is 11.8. The van der Waals surface area contributed by atoms with Crippen LogP contribution in [0.2, 0.25) is 0 Å². The first-order valence-electron chi connectivity index (χ1n) is 6.92. The summed E-state index contributed by atoms with van der Waals surface area (Å²) in [4.78, 5) is 23.4. The van der Waals surface area contributed by atoms with Gasteiger partial charge in [0.15, 0.2) is 5.78 Å². The Morgan fingerprint density at radius 3 is 2.56 bits per heavy atom. The van der Waals surface area contributed by atoms with E-state index in [1.165, 1.54) is 36.6 Å². The smallest absolute Gasteiger partial charge is 0.427 e. The van der Waals surface area contributed by atoms with Crippen LogP contribution in [0.1, 0.15) is 22.5 Å². The average Bonchev–Trinajstić information content (AvgIpc) is 3.11. The third kappa shape index (κ3) is 4.75. The minimum Gasteiger partial charge on any atom is -0.463 e.